The fourth-order valence-corrected chi connectivity index (χ4v) is 2.56. The van der Waals surface area contributed by atoms with E-state index >= 15 is 0 Å². The molecular formula is C14H19N3O3. The second-order valence-corrected chi connectivity index (χ2v) is 5.62. The maximum absolute atomic E-state index is 11.9. The van der Waals surface area contributed by atoms with Gasteiger partial charge in [-0.25, -0.2) is 4.98 Å². The van der Waals surface area contributed by atoms with Crippen LogP contribution in [0.2, 0.25) is 0 Å². The molecular weight excluding hydrogens is 258 g/mol. The van der Waals surface area contributed by atoms with E-state index in [2.05, 4.69) is 15.8 Å². The lowest BCUT2D eigenvalue weighted by Gasteiger charge is -2.20. The van der Waals surface area contributed by atoms with Crippen molar-refractivity contribution in [1.29, 1.82) is 0 Å². The highest BCUT2D eigenvalue weighted by Gasteiger charge is 2.29. The quantitative estimate of drug-likeness (QED) is 0.826. The summed E-state index contributed by atoms with van der Waals surface area (Å²) in [5.41, 5.74) is 5.11. The summed E-state index contributed by atoms with van der Waals surface area (Å²) in [6.45, 7) is 0. The van der Waals surface area contributed by atoms with Gasteiger partial charge in [0.15, 0.2) is 11.6 Å². The van der Waals surface area contributed by atoms with Gasteiger partial charge in [-0.1, -0.05) is 19.3 Å². The van der Waals surface area contributed by atoms with Crippen LogP contribution in [-0.2, 0) is 4.79 Å². The van der Waals surface area contributed by atoms with Crippen molar-refractivity contribution in [2.45, 2.75) is 50.9 Å². The maximum atomic E-state index is 11.9. The molecule has 0 radical (unpaired) electrons. The summed E-state index contributed by atoms with van der Waals surface area (Å²) in [4.78, 5) is 27.9. The minimum Gasteiger partial charge on any atom is -0.448 e. The number of amides is 2. The summed E-state index contributed by atoms with van der Waals surface area (Å²) in [5, 5.41) is 0. The van der Waals surface area contributed by atoms with Gasteiger partial charge in [0.1, 0.15) is 6.26 Å². The molecule has 3 rings (SSSR count). The molecule has 2 N–H and O–H groups in total. The molecule has 0 aromatic carbocycles. The minimum atomic E-state index is -0.426. The molecule has 0 unspecified atom stereocenters. The second kappa shape index (κ2) is 5.64. The van der Waals surface area contributed by atoms with Crippen LogP contribution >= 0.6 is 0 Å². The zero-order chi connectivity index (χ0) is 13.9. The Labute approximate surface area is 117 Å². The summed E-state index contributed by atoms with van der Waals surface area (Å²) < 4.78 is 5.25. The summed E-state index contributed by atoms with van der Waals surface area (Å²) >= 11 is 0. The standard InChI is InChI=1S/C14H19N3O3/c18-12(9-4-2-1-3-5-9)16-17-13(19)11-8-20-14(15-11)10-6-7-10/h8-10H,1-7H2,(H,16,18)(H,17,19). The Morgan fingerprint density at radius 2 is 1.85 bits per heavy atom. The zero-order valence-corrected chi connectivity index (χ0v) is 11.4. The monoisotopic (exact) mass is 277 g/mol. The first-order valence-corrected chi connectivity index (χ1v) is 7.29. The van der Waals surface area contributed by atoms with Crippen molar-refractivity contribution in [3.05, 3.63) is 17.8 Å². The van der Waals surface area contributed by atoms with Crippen molar-refractivity contribution in [1.82, 2.24) is 15.8 Å². The average Bonchev–Trinajstić information content (AvgIpc) is 3.22. The summed E-state index contributed by atoms with van der Waals surface area (Å²) in [5.74, 6) is 0.472. The van der Waals surface area contributed by atoms with Crippen LogP contribution in [0.1, 0.15) is 67.2 Å². The molecule has 6 nitrogen and oxygen atoms in total. The average molecular weight is 277 g/mol. The molecule has 1 heterocycles. The molecule has 1 aromatic rings. The van der Waals surface area contributed by atoms with E-state index in [1.807, 2.05) is 0 Å². The van der Waals surface area contributed by atoms with Crippen molar-refractivity contribution in [3.63, 3.8) is 0 Å². The van der Waals surface area contributed by atoms with Crippen LogP contribution in [0.4, 0.5) is 0 Å². The van der Waals surface area contributed by atoms with Crippen LogP contribution in [0.15, 0.2) is 10.7 Å². The summed E-state index contributed by atoms with van der Waals surface area (Å²) in [6.07, 6.45) is 8.64. The lowest BCUT2D eigenvalue weighted by Crippen LogP contribution is -2.45. The Bertz CT molecular complexity index is 502. The Balaban J connectivity index is 1.49. The highest BCUT2D eigenvalue weighted by Crippen LogP contribution is 2.39. The number of oxazole rings is 1. The van der Waals surface area contributed by atoms with Crippen LogP contribution in [0.3, 0.4) is 0 Å². The van der Waals surface area contributed by atoms with Gasteiger partial charge in [-0.2, -0.15) is 0 Å². The van der Waals surface area contributed by atoms with Crippen molar-refractivity contribution in [2.75, 3.05) is 0 Å². The fraction of sp³-hybridized carbons (Fsp3) is 0.643. The molecule has 0 saturated heterocycles. The van der Waals surface area contributed by atoms with Crippen molar-refractivity contribution >= 4 is 11.8 Å². The molecule has 20 heavy (non-hydrogen) atoms. The number of nitrogens with one attached hydrogen (secondary N) is 2. The highest BCUT2D eigenvalue weighted by atomic mass is 16.3. The van der Waals surface area contributed by atoms with E-state index < -0.39 is 5.91 Å². The van der Waals surface area contributed by atoms with E-state index in [9.17, 15) is 9.59 Å². The molecule has 0 aliphatic heterocycles. The normalized spacial score (nSPS) is 19.6. The maximum Gasteiger partial charge on any atom is 0.291 e. The van der Waals surface area contributed by atoms with Gasteiger partial charge in [0.25, 0.3) is 5.91 Å². The van der Waals surface area contributed by atoms with Crippen LogP contribution in [0.25, 0.3) is 0 Å². The van der Waals surface area contributed by atoms with Crippen molar-refractivity contribution in [3.8, 4) is 0 Å². The highest BCUT2D eigenvalue weighted by molar-refractivity contribution is 5.93. The first-order valence-electron chi connectivity index (χ1n) is 7.29. The zero-order valence-electron chi connectivity index (χ0n) is 11.4. The third kappa shape index (κ3) is 3.00. The van der Waals surface area contributed by atoms with E-state index in [0.717, 1.165) is 38.5 Å². The van der Waals surface area contributed by atoms with E-state index in [4.69, 9.17) is 4.42 Å². The number of carbonyl (C=O) groups excluding carboxylic acids is 2. The third-order valence-electron chi connectivity index (χ3n) is 3.96. The minimum absolute atomic E-state index is 0.0170. The molecule has 0 spiro atoms. The number of hydrogen-bond acceptors (Lipinski definition) is 4. The predicted molar refractivity (Wildman–Crippen MR) is 70.7 cm³/mol. The van der Waals surface area contributed by atoms with Crippen molar-refractivity contribution in [2.24, 2.45) is 5.92 Å². The molecule has 2 amide bonds. The molecule has 0 atom stereocenters. The molecule has 2 aliphatic rings. The van der Waals surface area contributed by atoms with Crippen molar-refractivity contribution < 1.29 is 14.0 Å². The SMILES string of the molecule is O=C(NNC(=O)C1CCCCC1)c1coc(C2CC2)n1. The van der Waals surface area contributed by atoms with Gasteiger partial charge in [0.2, 0.25) is 5.91 Å². The van der Waals surface area contributed by atoms with Crippen LogP contribution in [0.5, 0.6) is 0 Å². The summed E-state index contributed by atoms with van der Waals surface area (Å²) in [7, 11) is 0. The van der Waals surface area contributed by atoms with E-state index in [1.165, 1.54) is 12.7 Å². The first kappa shape index (κ1) is 13.1. The van der Waals surface area contributed by atoms with Crippen LogP contribution in [0, 0.1) is 5.92 Å². The first-order chi connectivity index (χ1) is 9.74. The molecule has 2 fully saturated rings. The number of nitrogens with zero attached hydrogens (tertiary/aromatic N) is 1. The van der Waals surface area contributed by atoms with Gasteiger partial charge in [0, 0.05) is 11.8 Å². The molecule has 108 valence electrons. The number of hydrazine groups is 1. The van der Waals surface area contributed by atoms with Gasteiger partial charge >= 0.3 is 0 Å². The molecule has 1 aromatic heterocycles. The Kier molecular flexibility index (Phi) is 3.71. The molecule has 6 heteroatoms. The largest absolute Gasteiger partial charge is 0.448 e. The van der Waals surface area contributed by atoms with Crippen LogP contribution in [-0.4, -0.2) is 16.8 Å². The van der Waals surface area contributed by atoms with E-state index in [-0.39, 0.29) is 17.5 Å². The number of hydrogen-bond donors (Lipinski definition) is 2. The van der Waals surface area contributed by atoms with Gasteiger partial charge in [0.05, 0.1) is 0 Å². The number of rotatable bonds is 3. The molecule has 0 bridgehead atoms. The van der Waals surface area contributed by atoms with Gasteiger partial charge in [-0.15, -0.1) is 0 Å². The van der Waals surface area contributed by atoms with Crippen LogP contribution < -0.4 is 10.9 Å². The Morgan fingerprint density at radius 3 is 2.55 bits per heavy atom. The smallest absolute Gasteiger partial charge is 0.291 e. The Hall–Kier alpha value is -1.85. The number of aromatic nitrogens is 1. The van der Waals surface area contributed by atoms with Gasteiger partial charge < -0.3 is 4.42 Å². The molecule has 2 saturated carbocycles. The lowest BCUT2D eigenvalue weighted by molar-refractivity contribution is -0.126. The predicted octanol–water partition coefficient (Wildman–Crippen LogP) is 1.89. The van der Waals surface area contributed by atoms with E-state index in [0.29, 0.717) is 11.8 Å². The topological polar surface area (TPSA) is 84.2 Å². The van der Waals surface area contributed by atoms with Gasteiger partial charge in [-0.05, 0) is 25.7 Å². The van der Waals surface area contributed by atoms with E-state index in [1.54, 1.807) is 0 Å². The Morgan fingerprint density at radius 1 is 1.10 bits per heavy atom. The molecule has 2 aliphatic carbocycles. The lowest BCUT2D eigenvalue weighted by atomic mass is 9.89. The third-order valence-corrected chi connectivity index (χ3v) is 3.96. The second-order valence-electron chi connectivity index (χ2n) is 5.62. The number of carbonyl (C=O) groups is 2. The fourth-order valence-electron chi connectivity index (χ4n) is 2.56. The summed E-state index contributed by atoms with van der Waals surface area (Å²) in [6, 6.07) is 0. The van der Waals surface area contributed by atoms with Gasteiger partial charge in [-0.3, -0.25) is 20.4 Å².